The van der Waals surface area contributed by atoms with Crippen molar-refractivity contribution in [3.05, 3.63) is 23.2 Å². The average molecular weight is 273 g/mol. The topological polar surface area (TPSA) is 57.6 Å². The lowest BCUT2D eigenvalue weighted by Crippen LogP contribution is -2.30. The number of benzene rings is 1. The molecule has 3 atom stereocenters. The summed E-state index contributed by atoms with van der Waals surface area (Å²) in [7, 11) is 0. The molecule has 0 aliphatic heterocycles. The molecule has 106 valence electrons. The van der Waals surface area contributed by atoms with Crippen LogP contribution >= 0.6 is 0 Å². The molecular formula is C16H21N2O2+. The Labute approximate surface area is 119 Å². The standard InChI is InChI=1S/C16H20N2O2/c1-10-4-7-14-15(2,3)16(14,9-10)20-13-6-5-11(18-17)8-12(13)19/h5-6,8,10,14H,4,7,9H2,1-3H3/p+1. The van der Waals surface area contributed by atoms with Crippen molar-refractivity contribution in [3.8, 4) is 11.5 Å². The summed E-state index contributed by atoms with van der Waals surface area (Å²) in [5.41, 5.74) is 0.334. The van der Waals surface area contributed by atoms with E-state index in [1.165, 1.54) is 18.9 Å². The van der Waals surface area contributed by atoms with Gasteiger partial charge in [-0.25, -0.2) is 0 Å². The van der Waals surface area contributed by atoms with E-state index in [2.05, 4.69) is 25.7 Å². The second-order valence-electron chi connectivity index (χ2n) is 6.90. The predicted octanol–water partition coefficient (Wildman–Crippen LogP) is 4.47. The van der Waals surface area contributed by atoms with Crippen molar-refractivity contribution in [2.45, 2.75) is 45.6 Å². The first kappa shape index (κ1) is 13.2. The van der Waals surface area contributed by atoms with Gasteiger partial charge in [0.15, 0.2) is 16.5 Å². The summed E-state index contributed by atoms with van der Waals surface area (Å²) in [6.07, 6.45) is 3.49. The van der Waals surface area contributed by atoms with Gasteiger partial charge in [-0.1, -0.05) is 27.2 Å². The molecule has 0 radical (unpaired) electrons. The second-order valence-corrected chi connectivity index (χ2v) is 6.90. The van der Waals surface area contributed by atoms with Crippen molar-refractivity contribution in [3.63, 3.8) is 0 Å². The molecule has 2 aliphatic carbocycles. The monoisotopic (exact) mass is 273 g/mol. The summed E-state index contributed by atoms with van der Waals surface area (Å²) in [5.74, 6) is 1.74. The van der Waals surface area contributed by atoms with Gasteiger partial charge < -0.3 is 9.84 Å². The Hall–Kier alpha value is -1.76. The zero-order valence-electron chi connectivity index (χ0n) is 12.3. The van der Waals surface area contributed by atoms with Crippen molar-refractivity contribution < 1.29 is 9.84 Å². The van der Waals surface area contributed by atoms with Gasteiger partial charge in [0.05, 0.1) is 6.07 Å². The van der Waals surface area contributed by atoms with E-state index in [0.29, 0.717) is 23.3 Å². The maximum atomic E-state index is 10.0. The average Bonchev–Trinajstić information content (AvgIpc) is 2.87. The highest BCUT2D eigenvalue weighted by atomic mass is 16.5. The largest absolute Gasteiger partial charge is 0.504 e. The quantitative estimate of drug-likeness (QED) is 0.809. The molecule has 3 rings (SSSR count). The fraction of sp³-hybridized carbons (Fsp3) is 0.625. The third kappa shape index (κ3) is 1.69. The number of hydrogen-bond acceptors (Lipinski definition) is 3. The number of diazo groups is 1. The molecule has 0 spiro atoms. The first-order valence-electron chi connectivity index (χ1n) is 7.28. The Bertz CT molecular complexity index is 591. The summed E-state index contributed by atoms with van der Waals surface area (Å²) in [6.45, 7) is 6.78. The summed E-state index contributed by atoms with van der Waals surface area (Å²) >= 11 is 0. The fourth-order valence-corrected chi connectivity index (χ4v) is 4.09. The van der Waals surface area contributed by atoms with Crippen LogP contribution in [0.2, 0.25) is 0 Å². The van der Waals surface area contributed by atoms with Crippen LogP contribution in [0.25, 0.3) is 4.98 Å². The number of rotatable bonds is 2. The molecule has 1 aromatic carbocycles. The second kappa shape index (κ2) is 4.12. The molecule has 0 bridgehead atoms. The van der Waals surface area contributed by atoms with Crippen molar-refractivity contribution in [2.24, 2.45) is 17.3 Å². The number of aromatic hydroxyl groups is 1. The molecule has 1 aromatic rings. The normalized spacial score (nSPS) is 33.9. The zero-order valence-corrected chi connectivity index (χ0v) is 12.3. The Morgan fingerprint density at radius 1 is 1.35 bits per heavy atom. The molecule has 1 N–H and O–H groups in total. The highest BCUT2D eigenvalue weighted by molar-refractivity contribution is 5.54. The summed E-state index contributed by atoms with van der Waals surface area (Å²) in [6, 6.07) is 4.74. The molecular weight excluding hydrogens is 252 g/mol. The number of fused-ring (bicyclic) bond motifs is 1. The Morgan fingerprint density at radius 2 is 2.10 bits per heavy atom. The van der Waals surface area contributed by atoms with Crippen molar-refractivity contribution in [1.29, 1.82) is 5.39 Å². The molecule has 2 saturated carbocycles. The van der Waals surface area contributed by atoms with Crippen molar-refractivity contribution in [1.82, 2.24) is 0 Å². The van der Waals surface area contributed by atoms with E-state index in [4.69, 9.17) is 10.1 Å². The molecule has 4 nitrogen and oxygen atoms in total. The van der Waals surface area contributed by atoms with Crippen LogP contribution in [0.4, 0.5) is 5.69 Å². The summed E-state index contributed by atoms with van der Waals surface area (Å²) in [4.78, 5) is 3.07. The molecule has 0 aromatic heterocycles. The lowest BCUT2D eigenvalue weighted by atomic mass is 9.88. The molecule has 3 unspecified atom stereocenters. The van der Waals surface area contributed by atoms with Gasteiger partial charge in [-0.2, -0.15) is 0 Å². The van der Waals surface area contributed by atoms with Gasteiger partial charge in [-0.3, -0.25) is 0 Å². The zero-order chi connectivity index (χ0) is 14.5. The van der Waals surface area contributed by atoms with E-state index in [-0.39, 0.29) is 16.8 Å². The molecule has 0 amide bonds. The van der Waals surface area contributed by atoms with E-state index < -0.39 is 0 Å². The number of hydrogen-bond donors (Lipinski definition) is 1. The van der Waals surface area contributed by atoms with Gasteiger partial charge in [0, 0.05) is 17.4 Å². The van der Waals surface area contributed by atoms with Crippen LogP contribution in [-0.2, 0) is 0 Å². The van der Waals surface area contributed by atoms with Crippen LogP contribution in [0.3, 0.4) is 0 Å². The Balaban J connectivity index is 1.89. The van der Waals surface area contributed by atoms with Crippen molar-refractivity contribution in [2.75, 3.05) is 0 Å². The van der Waals surface area contributed by atoms with E-state index >= 15 is 0 Å². The molecule has 4 heteroatoms. The number of ether oxygens (including phenoxy) is 1. The SMILES string of the molecule is CC1CCC2C(C)(C)C2(Oc2ccc([N+]#N)cc2O)C1. The van der Waals surface area contributed by atoms with Gasteiger partial charge in [0.25, 0.3) is 0 Å². The maximum Gasteiger partial charge on any atom is 0.389 e. The number of phenols is 1. The van der Waals surface area contributed by atoms with Crippen LogP contribution < -0.4 is 4.74 Å². The van der Waals surface area contributed by atoms with Crippen molar-refractivity contribution >= 4 is 5.69 Å². The lowest BCUT2D eigenvalue weighted by molar-refractivity contribution is 0.0816. The van der Waals surface area contributed by atoms with E-state index in [1.54, 1.807) is 12.1 Å². The molecule has 2 fully saturated rings. The fourth-order valence-electron chi connectivity index (χ4n) is 4.09. The van der Waals surface area contributed by atoms with E-state index in [0.717, 1.165) is 6.42 Å². The maximum absolute atomic E-state index is 10.0. The summed E-state index contributed by atoms with van der Waals surface area (Å²) < 4.78 is 6.26. The minimum atomic E-state index is -0.153. The van der Waals surface area contributed by atoms with Crippen LogP contribution in [0.5, 0.6) is 11.5 Å². The Kier molecular flexibility index (Phi) is 2.72. The minimum absolute atomic E-state index is 0.0364. The highest BCUT2D eigenvalue weighted by Crippen LogP contribution is 2.70. The molecule has 0 saturated heterocycles. The number of nitrogens with zero attached hydrogens (tertiary/aromatic N) is 2. The molecule has 20 heavy (non-hydrogen) atoms. The van der Waals surface area contributed by atoms with E-state index in [9.17, 15) is 5.11 Å². The lowest BCUT2D eigenvalue weighted by Gasteiger charge is -2.29. The van der Waals surface area contributed by atoms with Gasteiger partial charge in [-0.15, -0.1) is 0 Å². The van der Waals surface area contributed by atoms with Gasteiger partial charge in [-0.05, 0) is 24.8 Å². The van der Waals surface area contributed by atoms with Gasteiger partial charge >= 0.3 is 5.69 Å². The first-order chi connectivity index (χ1) is 9.40. The third-order valence-corrected chi connectivity index (χ3v) is 5.39. The molecule has 2 aliphatic rings. The number of phenolic OH excluding ortho intramolecular Hbond substituents is 1. The van der Waals surface area contributed by atoms with Gasteiger partial charge in [0.1, 0.15) is 5.60 Å². The first-order valence-corrected chi connectivity index (χ1v) is 7.28. The highest BCUT2D eigenvalue weighted by Gasteiger charge is 2.74. The van der Waals surface area contributed by atoms with E-state index in [1.807, 2.05) is 0 Å². The smallest absolute Gasteiger partial charge is 0.389 e. The summed E-state index contributed by atoms with van der Waals surface area (Å²) in [5, 5.41) is 18.8. The van der Waals surface area contributed by atoms with Crippen LogP contribution in [0.15, 0.2) is 18.2 Å². The van der Waals surface area contributed by atoms with Gasteiger partial charge in [0.2, 0.25) is 5.39 Å². The van der Waals surface area contributed by atoms with Crippen LogP contribution in [-0.4, -0.2) is 10.7 Å². The predicted molar refractivity (Wildman–Crippen MR) is 76.5 cm³/mol. The minimum Gasteiger partial charge on any atom is -0.504 e. The van der Waals surface area contributed by atoms with Crippen LogP contribution in [0.1, 0.15) is 40.0 Å². The third-order valence-electron chi connectivity index (χ3n) is 5.39. The van der Waals surface area contributed by atoms with Crippen LogP contribution in [0, 0.1) is 22.6 Å². The molecule has 0 heterocycles. The Morgan fingerprint density at radius 3 is 2.75 bits per heavy atom.